The van der Waals surface area contributed by atoms with E-state index in [0.717, 1.165) is 52.2 Å². The van der Waals surface area contributed by atoms with Crippen molar-refractivity contribution in [1.82, 2.24) is 20.2 Å². The van der Waals surface area contributed by atoms with Gasteiger partial charge in [-0.15, -0.1) is 0 Å². The van der Waals surface area contributed by atoms with Crippen LogP contribution in [0.1, 0.15) is 48.9 Å². The minimum Gasteiger partial charge on any atom is -0.379 e. The highest BCUT2D eigenvalue weighted by Crippen LogP contribution is 2.17. The van der Waals surface area contributed by atoms with Gasteiger partial charge in [0.15, 0.2) is 0 Å². The second kappa shape index (κ2) is 9.68. The highest BCUT2D eigenvalue weighted by atomic mass is 16.5. The Morgan fingerprint density at radius 3 is 2.48 bits per heavy atom. The summed E-state index contributed by atoms with van der Waals surface area (Å²) in [6, 6.07) is 0.293. The van der Waals surface area contributed by atoms with Crippen LogP contribution in [0.2, 0.25) is 0 Å². The van der Waals surface area contributed by atoms with Crippen molar-refractivity contribution in [2.75, 3.05) is 44.7 Å². The van der Waals surface area contributed by atoms with Gasteiger partial charge in [0.2, 0.25) is 5.95 Å². The normalized spacial score (nSPS) is 20.0. The van der Waals surface area contributed by atoms with Gasteiger partial charge in [0.1, 0.15) is 0 Å². The number of amides is 1. The number of carbonyl (C=O) groups excluding carboxylic acids is 1. The van der Waals surface area contributed by atoms with E-state index in [9.17, 15) is 4.79 Å². The molecule has 2 aliphatic rings. The molecule has 1 amide bonds. The van der Waals surface area contributed by atoms with Gasteiger partial charge in [0.05, 0.1) is 18.8 Å². The molecule has 138 valence electrons. The summed E-state index contributed by atoms with van der Waals surface area (Å²) in [5.41, 5.74) is 0.531. The van der Waals surface area contributed by atoms with Crippen LogP contribution in [-0.4, -0.2) is 66.2 Å². The molecule has 3 rings (SSSR count). The molecular weight excluding hydrogens is 318 g/mol. The first-order valence-corrected chi connectivity index (χ1v) is 9.48. The van der Waals surface area contributed by atoms with Crippen LogP contribution in [0.15, 0.2) is 12.4 Å². The summed E-state index contributed by atoms with van der Waals surface area (Å²) in [5.74, 6) is 0.506. The van der Waals surface area contributed by atoms with Crippen LogP contribution in [-0.2, 0) is 4.74 Å². The number of nitrogens with zero attached hydrogens (tertiary/aromatic N) is 3. The quantitative estimate of drug-likeness (QED) is 0.762. The second-order valence-electron chi connectivity index (χ2n) is 6.84. The van der Waals surface area contributed by atoms with Crippen molar-refractivity contribution in [3.8, 4) is 0 Å². The molecule has 1 saturated carbocycles. The predicted molar refractivity (Wildman–Crippen MR) is 96.7 cm³/mol. The maximum Gasteiger partial charge on any atom is 0.254 e. The summed E-state index contributed by atoms with van der Waals surface area (Å²) in [6.45, 7) is 5.29. The first-order chi connectivity index (χ1) is 12.3. The standard InChI is InChI=1S/C18H29N5O2/c24-17(22-16-5-3-1-2-4-6-16)15-13-20-18(21-14-15)19-7-8-23-9-11-25-12-10-23/h13-14,16H,1-12H2,(H,22,24)(H,19,20,21). The summed E-state index contributed by atoms with van der Waals surface area (Å²) < 4.78 is 5.34. The molecule has 7 heteroatoms. The summed E-state index contributed by atoms with van der Waals surface area (Å²) in [7, 11) is 0. The molecule has 1 aromatic rings. The fourth-order valence-corrected chi connectivity index (χ4v) is 3.38. The minimum absolute atomic E-state index is 0.0632. The Hall–Kier alpha value is -1.73. The first kappa shape index (κ1) is 18.1. The van der Waals surface area contributed by atoms with Crippen LogP contribution in [0.25, 0.3) is 0 Å². The zero-order valence-electron chi connectivity index (χ0n) is 14.9. The van der Waals surface area contributed by atoms with Crippen molar-refractivity contribution in [3.05, 3.63) is 18.0 Å². The summed E-state index contributed by atoms with van der Waals surface area (Å²) in [5, 5.41) is 6.33. The van der Waals surface area contributed by atoms with Gasteiger partial charge in [-0.25, -0.2) is 9.97 Å². The molecule has 1 aliphatic carbocycles. The molecule has 2 fully saturated rings. The van der Waals surface area contributed by atoms with Gasteiger partial charge in [-0.05, 0) is 12.8 Å². The smallest absolute Gasteiger partial charge is 0.254 e. The summed E-state index contributed by atoms with van der Waals surface area (Å²) >= 11 is 0. The number of ether oxygens (including phenoxy) is 1. The van der Waals surface area contributed by atoms with E-state index in [0.29, 0.717) is 17.6 Å². The first-order valence-electron chi connectivity index (χ1n) is 9.48. The third kappa shape index (κ3) is 5.93. The zero-order chi connectivity index (χ0) is 17.3. The highest BCUT2D eigenvalue weighted by molar-refractivity contribution is 5.93. The lowest BCUT2D eigenvalue weighted by molar-refractivity contribution is 0.0398. The van der Waals surface area contributed by atoms with Crippen LogP contribution in [0.3, 0.4) is 0 Å². The Morgan fingerprint density at radius 2 is 1.80 bits per heavy atom. The van der Waals surface area contributed by atoms with Gasteiger partial charge >= 0.3 is 0 Å². The molecule has 7 nitrogen and oxygen atoms in total. The van der Waals surface area contributed by atoms with Gasteiger partial charge in [0, 0.05) is 44.6 Å². The predicted octanol–water partition coefficient (Wildman–Crippen LogP) is 1.67. The van der Waals surface area contributed by atoms with E-state index in [1.807, 2.05) is 0 Å². The minimum atomic E-state index is -0.0632. The number of morpholine rings is 1. The molecular formula is C18H29N5O2. The van der Waals surface area contributed by atoms with E-state index in [-0.39, 0.29) is 5.91 Å². The lowest BCUT2D eigenvalue weighted by atomic mass is 10.1. The van der Waals surface area contributed by atoms with Gasteiger partial charge < -0.3 is 15.4 Å². The van der Waals surface area contributed by atoms with Crippen molar-refractivity contribution in [2.24, 2.45) is 0 Å². The van der Waals surface area contributed by atoms with E-state index in [1.54, 1.807) is 12.4 Å². The van der Waals surface area contributed by atoms with Crippen molar-refractivity contribution in [1.29, 1.82) is 0 Å². The van der Waals surface area contributed by atoms with Crippen LogP contribution in [0.5, 0.6) is 0 Å². The monoisotopic (exact) mass is 347 g/mol. The van der Waals surface area contributed by atoms with Gasteiger partial charge in [-0.3, -0.25) is 9.69 Å². The van der Waals surface area contributed by atoms with Crippen LogP contribution in [0, 0.1) is 0 Å². The topological polar surface area (TPSA) is 79.4 Å². The fraction of sp³-hybridized carbons (Fsp3) is 0.722. The molecule has 2 heterocycles. The third-order valence-electron chi connectivity index (χ3n) is 4.92. The molecule has 1 aliphatic heterocycles. The maximum atomic E-state index is 12.3. The Morgan fingerprint density at radius 1 is 1.12 bits per heavy atom. The van der Waals surface area contributed by atoms with Crippen molar-refractivity contribution in [2.45, 2.75) is 44.6 Å². The Bertz CT molecular complexity index is 523. The molecule has 0 atom stereocenters. The number of hydrogen-bond donors (Lipinski definition) is 2. The maximum absolute atomic E-state index is 12.3. The largest absolute Gasteiger partial charge is 0.379 e. The fourth-order valence-electron chi connectivity index (χ4n) is 3.38. The highest BCUT2D eigenvalue weighted by Gasteiger charge is 2.16. The molecule has 1 aromatic heterocycles. The Kier molecular flexibility index (Phi) is 6.99. The molecule has 0 bridgehead atoms. The molecule has 0 unspecified atom stereocenters. The number of anilines is 1. The van der Waals surface area contributed by atoms with E-state index in [2.05, 4.69) is 25.5 Å². The second-order valence-corrected chi connectivity index (χ2v) is 6.84. The average molecular weight is 347 g/mol. The zero-order valence-corrected chi connectivity index (χ0v) is 14.9. The van der Waals surface area contributed by atoms with Crippen molar-refractivity contribution >= 4 is 11.9 Å². The number of aromatic nitrogens is 2. The van der Waals surface area contributed by atoms with E-state index in [1.165, 1.54) is 25.7 Å². The summed E-state index contributed by atoms with van der Waals surface area (Å²) in [4.78, 5) is 23.2. The lowest BCUT2D eigenvalue weighted by Crippen LogP contribution is -2.39. The van der Waals surface area contributed by atoms with Crippen LogP contribution < -0.4 is 10.6 Å². The number of hydrogen-bond acceptors (Lipinski definition) is 6. The van der Waals surface area contributed by atoms with Gasteiger partial charge in [-0.1, -0.05) is 25.7 Å². The van der Waals surface area contributed by atoms with Crippen molar-refractivity contribution < 1.29 is 9.53 Å². The molecule has 0 radical (unpaired) electrons. The van der Waals surface area contributed by atoms with Crippen LogP contribution in [0.4, 0.5) is 5.95 Å². The van der Waals surface area contributed by atoms with E-state index < -0.39 is 0 Å². The number of rotatable bonds is 6. The average Bonchev–Trinajstić information content (AvgIpc) is 2.92. The Labute approximate surface area is 149 Å². The molecule has 0 aromatic carbocycles. The summed E-state index contributed by atoms with van der Waals surface area (Å²) in [6.07, 6.45) is 10.3. The van der Waals surface area contributed by atoms with E-state index >= 15 is 0 Å². The van der Waals surface area contributed by atoms with Gasteiger partial charge in [0.25, 0.3) is 5.91 Å². The molecule has 0 spiro atoms. The molecule has 2 N–H and O–H groups in total. The Balaban J connectivity index is 1.42. The number of carbonyl (C=O) groups is 1. The number of nitrogens with one attached hydrogen (secondary N) is 2. The van der Waals surface area contributed by atoms with Gasteiger partial charge in [-0.2, -0.15) is 0 Å². The molecule has 1 saturated heterocycles. The lowest BCUT2D eigenvalue weighted by Gasteiger charge is -2.26. The molecule has 25 heavy (non-hydrogen) atoms. The SMILES string of the molecule is O=C(NC1CCCCCC1)c1cnc(NCCN2CCOCC2)nc1. The van der Waals surface area contributed by atoms with Crippen molar-refractivity contribution in [3.63, 3.8) is 0 Å². The van der Waals surface area contributed by atoms with E-state index in [4.69, 9.17) is 4.74 Å². The third-order valence-corrected chi connectivity index (χ3v) is 4.92. The van der Waals surface area contributed by atoms with Crippen LogP contribution >= 0.6 is 0 Å².